The van der Waals surface area contributed by atoms with Gasteiger partial charge >= 0.3 is 0 Å². The van der Waals surface area contributed by atoms with E-state index in [1.165, 1.54) is 0 Å². The second-order valence-electron chi connectivity index (χ2n) is 5.02. The van der Waals surface area contributed by atoms with Gasteiger partial charge in [-0.2, -0.15) is 0 Å². The minimum Gasteiger partial charge on any atom is -0.390 e. The van der Waals surface area contributed by atoms with Crippen LogP contribution in [0.1, 0.15) is 17.2 Å². The molecule has 1 aliphatic heterocycles. The molecule has 106 valence electrons. The summed E-state index contributed by atoms with van der Waals surface area (Å²) in [6.07, 6.45) is 0. The molecule has 1 saturated heterocycles. The van der Waals surface area contributed by atoms with Crippen molar-refractivity contribution in [2.45, 2.75) is 18.9 Å². The van der Waals surface area contributed by atoms with E-state index in [4.69, 9.17) is 5.11 Å². The van der Waals surface area contributed by atoms with Gasteiger partial charge < -0.3 is 10.4 Å². The lowest BCUT2D eigenvalue weighted by atomic mass is 9.97. The lowest BCUT2D eigenvalue weighted by Gasteiger charge is -2.38. The minimum absolute atomic E-state index is 0.562. The molecule has 2 rings (SSSR count). The molecule has 1 atom stereocenters. The number of hydrogen-bond acceptors (Lipinski definition) is 3. The van der Waals surface area contributed by atoms with E-state index in [0.29, 0.717) is 31.7 Å². The van der Waals surface area contributed by atoms with Crippen molar-refractivity contribution in [3.63, 3.8) is 0 Å². The summed E-state index contributed by atoms with van der Waals surface area (Å²) in [5.74, 6) is -3.13. The fourth-order valence-electron chi connectivity index (χ4n) is 2.50. The maximum Gasteiger partial charge on any atom is 0.289 e. The predicted octanol–water partition coefficient (Wildman–Crippen LogP) is 1.57. The third-order valence-corrected chi connectivity index (χ3v) is 3.52. The van der Waals surface area contributed by atoms with Gasteiger partial charge in [-0.25, -0.2) is 8.78 Å². The van der Waals surface area contributed by atoms with Gasteiger partial charge in [0.25, 0.3) is 5.92 Å². The number of benzene rings is 1. The van der Waals surface area contributed by atoms with Crippen LogP contribution in [0.5, 0.6) is 0 Å². The average molecular weight is 270 g/mol. The lowest BCUT2D eigenvalue weighted by molar-refractivity contribution is -0.118. The molecule has 2 N–H and O–H groups in total. The Balaban J connectivity index is 2.30. The summed E-state index contributed by atoms with van der Waals surface area (Å²) in [7, 11) is 0. The number of nitrogens with one attached hydrogen (secondary N) is 1. The van der Waals surface area contributed by atoms with E-state index in [1.807, 2.05) is 19.1 Å². The molecule has 0 aromatic heterocycles. The Kier molecular flexibility index (Phi) is 4.50. The van der Waals surface area contributed by atoms with E-state index in [2.05, 4.69) is 5.32 Å². The van der Waals surface area contributed by atoms with Crippen LogP contribution in [-0.4, -0.2) is 48.7 Å². The maximum atomic E-state index is 14.1. The smallest absolute Gasteiger partial charge is 0.289 e. The molecule has 1 fully saturated rings. The van der Waals surface area contributed by atoms with Gasteiger partial charge in [0.05, 0.1) is 0 Å². The van der Waals surface area contributed by atoms with Crippen LogP contribution < -0.4 is 5.32 Å². The second-order valence-corrected chi connectivity index (χ2v) is 5.02. The van der Waals surface area contributed by atoms with Crippen LogP contribution in [-0.2, 0) is 0 Å². The maximum absolute atomic E-state index is 14.1. The van der Waals surface area contributed by atoms with Gasteiger partial charge in [-0.05, 0) is 12.5 Å². The molecule has 1 aromatic rings. The monoisotopic (exact) mass is 270 g/mol. The van der Waals surface area contributed by atoms with Crippen molar-refractivity contribution in [2.75, 3.05) is 32.8 Å². The molecule has 1 aliphatic rings. The SMILES string of the molecule is Cc1ccc([C@H](N2CCNCC2)C(F)(F)CO)cc1. The van der Waals surface area contributed by atoms with E-state index in [-0.39, 0.29) is 0 Å². The number of alkyl halides is 2. The zero-order chi connectivity index (χ0) is 13.9. The molecule has 0 amide bonds. The first kappa shape index (κ1) is 14.4. The Morgan fingerprint density at radius 3 is 2.37 bits per heavy atom. The molecule has 0 radical (unpaired) electrons. The highest BCUT2D eigenvalue weighted by atomic mass is 19.3. The summed E-state index contributed by atoms with van der Waals surface area (Å²) in [4.78, 5) is 1.75. The minimum atomic E-state index is -3.13. The highest BCUT2D eigenvalue weighted by Gasteiger charge is 2.43. The Morgan fingerprint density at radius 1 is 1.26 bits per heavy atom. The van der Waals surface area contributed by atoms with E-state index in [1.54, 1.807) is 17.0 Å². The standard InChI is InChI=1S/C14H20F2N2O/c1-11-2-4-12(5-3-11)13(14(15,16)10-19)18-8-6-17-7-9-18/h2-5,13,17,19H,6-10H2,1H3/t13-/m0/s1. The van der Waals surface area contributed by atoms with Crippen molar-refractivity contribution in [1.82, 2.24) is 10.2 Å². The molecule has 0 spiro atoms. The topological polar surface area (TPSA) is 35.5 Å². The number of aryl methyl sites for hydroxylation is 1. The molecule has 5 heteroatoms. The van der Waals surface area contributed by atoms with Crippen LogP contribution in [0, 0.1) is 6.92 Å². The predicted molar refractivity (Wildman–Crippen MR) is 70.4 cm³/mol. The number of nitrogens with zero attached hydrogens (tertiary/aromatic N) is 1. The van der Waals surface area contributed by atoms with Crippen LogP contribution in [0.3, 0.4) is 0 Å². The molecule has 0 aliphatic carbocycles. The number of hydrogen-bond donors (Lipinski definition) is 2. The third kappa shape index (κ3) is 3.29. The number of aliphatic hydroxyl groups excluding tert-OH is 1. The van der Waals surface area contributed by atoms with Crippen molar-refractivity contribution in [3.8, 4) is 0 Å². The molecule has 0 saturated carbocycles. The van der Waals surface area contributed by atoms with E-state index < -0.39 is 18.6 Å². The molecule has 3 nitrogen and oxygen atoms in total. The first-order valence-electron chi connectivity index (χ1n) is 6.54. The van der Waals surface area contributed by atoms with Crippen LogP contribution >= 0.6 is 0 Å². The van der Waals surface area contributed by atoms with E-state index in [9.17, 15) is 8.78 Å². The Hall–Kier alpha value is -1.04. The fraction of sp³-hybridized carbons (Fsp3) is 0.571. The van der Waals surface area contributed by atoms with E-state index in [0.717, 1.165) is 5.56 Å². The van der Waals surface area contributed by atoms with Gasteiger partial charge in [0, 0.05) is 26.2 Å². The van der Waals surface area contributed by atoms with Crippen LogP contribution in [0.15, 0.2) is 24.3 Å². The normalized spacial score (nSPS) is 19.4. The summed E-state index contributed by atoms with van der Waals surface area (Å²) >= 11 is 0. The van der Waals surface area contributed by atoms with Crippen molar-refractivity contribution in [1.29, 1.82) is 0 Å². The Labute approximate surface area is 112 Å². The fourth-order valence-corrected chi connectivity index (χ4v) is 2.50. The number of halogens is 2. The molecule has 1 aromatic carbocycles. The zero-order valence-corrected chi connectivity index (χ0v) is 11.1. The molecular formula is C14H20F2N2O. The quantitative estimate of drug-likeness (QED) is 0.872. The Morgan fingerprint density at radius 2 is 1.84 bits per heavy atom. The van der Waals surface area contributed by atoms with Crippen LogP contribution in [0.2, 0.25) is 0 Å². The highest BCUT2D eigenvalue weighted by Crippen LogP contribution is 2.36. The molecular weight excluding hydrogens is 250 g/mol. The van der Waals surface area contributed by atoms with Gasteiger partial charge in [-0.3, -0.25) is 4.90 Å². The van der Waals surface area contributed by atoms with Crippen molar-refractivity contribution >= 4 is 0 Å². The number of piperazine rings is 1. The summed E-state index contributed by atoms with van der Waals surface area (Å²) in [5, 5.41) is 12.2. The molecule has 0 bridgehead atoms. The molecule has 0 unspecified atom stereocenters. The second kappa shape index (κ2) is 5.94. The Bertz CT molecular complexity index is 402. The van der Waals surface area contributed by atoms with Gasteiger partial charge in [0.1, 0.15) is 12.6 Å². The summed E-state index contributed by atoms with van der Waals surface area (Å²) in [6, 6.07) is 6.06. The summed E-state index contributed by atoms with van der Waals surface area (Å²) in [5.41, 5.74) is 1.60. The van der Waals surface area contributed by atoms with Crippen molar-refractivity contribution in [2.24, 2.45) is 0 Å². The van der Waals surface area contributed by atoms with Gasteiger partial charge in [0.2, 0.25) is 0 Å². The van der Waals surface area contributed by atoms with Gasteiger partial charge in [-0.1, -0.05) is 29.8 Å². The largest absolute Gasteiger partial charge is 0.390 e. The van der Waals surface area contributed by atoms with Crippen molar-refractivity contribution < 1.29 is 13.9 Å². The molecule has 19 heavy (non-hydrogen) atoms. The van der Waals surface area contributed by atoms with Crippen LogP contribution in [0.25, 0.3) is 0 Å². The molecule has 1 heterocycles. The first-order chi connectivity index (χ1) is 9.04. The summed E-state index contributed by atoms with van der Waals surface area (Å²) < 4.78 is 28.2. The summed E-state index contributed by atoms with van der Waals surface area (Å²) in [6.45, 7) is 3.32. The number of rotatable bonds is 4. The average Bonchev–Trinajstić information content (AvgIpc) is 2.42. The highest BCUT2D eigenvalue weighted by molar-refractivity contribution is 5.26. The van der Waals surface area contributed by atoms with Crippen LogP contribution in [0.4, 0.5) is 8.78 Å². The number of aliphatic hydroxyl groups is 1. The zero-order valence-electron chi connectivity index (χ0n) is 11.1. The third-order valence-electron chi connectivity index (χ3n) is 3.52. The lowest BCUT2D eigenvalue weighted by Crippen LogP contribution is -2.51. The van der Waals surface area contributed by atoms with Gasteiger partial charge in [-0.15, -0.1) is 0 Å². The van der Waals surface area contributed by atoms with Gasteiger partial charge in [0.15, 0.2) is 0 Å². The van der Waals surface area contributed by atoms with E-state index >= 15 is 0 Å². The van der Waals surface area contributed by atoms with Crippen molar-refractivity contribution in [3.05, 3.63) is 35.4 Å². The first-order valence-corrected chi connectivity index (χ1v) is 6.54.